The van der Waals surface area contributed by atoms with Crippen LogP contribution in [0.5, 0.6) is 0 Å². The highest BCUT2D eigenvalue weighted by molar-refractivity contribution is 5.79. The van der Waals surface area contributed by atoms with Crippen molar-refractivity contribution in [3.63, 3.8) is 0 Å². The second-order valence-electron chi connectivity index (χ2n) is 6.90. The van der Waals surface area contributed by atoms with E-state index in [1.807, 2.05) is 35.2 Å². The van der Waals surface area contributed by atoms with Gasteiger partial charge in [0, 0.05) is 30.5 Å². The number of amides is 1. The minimum Gasteiger partial charge on any atom is -0.342 e. The van der Waals surface area contributed by atoms with Crippen LogP contribution in [0.1, 0.15) is 50.3 Å². The van der Waals surface area contributed by atoms with Crippen molar-refractivity contribution in [2.24, 2.45) is 5.92 Å². The molecule has 1 aromatic heterocycles. The van der Waals surface area contributed by atoms with Gasteiger partial charge in [-0.05, 0) is 37.8 Å². The molecule has 1 amide bonds. The lowest BCUT2D eigenvalue weighted by molar-refractivity contribution is -0.136. The molecule has 2 aromatic rings. The van der Waals surface area contributed by atoms with Gasteiger partial charge in [-0.1, -0.05) is 36.2 Å². The molecule has 1 saturated carbocycles. The predicted molar refractivity (Wildman–Crippen MR) is 90.2 cm³/mol. The fraction of sp³-hybridized carbons (Fsp3) is 0.526. The molecule has 1 aliphatic heterocycles. The molecule has 1 aliphatic carbocycles. The summed E-state index contributed by atoms with van der Waals surface area (Å²) in [6, 6.07) is 9.84. The number of hydrogen-bond acceptors (Lipinski definition) is 4. The highest BCUT2D eigenvalue weighted by atomic mass is 16.5. The lowest BCUT2D eigenvalue weighted by Gasteiger charge is -2.32. The Balaban J connectivity index is 1.38. The summed E-state index contributed by atoms with van der Waals surface area (Å²) in [5.41, 5.74) is 0.949. The molecule has 0 N–H and O–H groups in total. The molecule has 0 spiro atoms. The van der Waals surface area contributed by atoms with Gasteiger partial charge in [0.25, 0.3) is 5.89 Å². The molecule has 0 bridgehead atoms. The van der Waals surface area contributed by atoms with Crippen LogP contribution in [0, 0.1) is 5.92 Å². The zero-order valence-electron chi connectivity index (χ0n) is 13.9. The molecule has 0 unspecified atom stereocenters. The highest BCUT2D eigenvalue weighted by Gasteiger charge is 2.31. The molecule has 4 rings (SSSR count). The molecule has 0 atom stereocenters. The second-order valence-corrected chi connectivity index (χ2v) is 6.90. The molecule has 126 valence electrons. The normalized spacial score (nSPS) is 19.8. The Labute approximate surface area is 142 Å². The van der Waals surface area contributed by atoms with E-state index in [9.17, 15) is 4.79 Å². The largest absolute Gasteiger partial charge is 0.342 e. The number of nitrogens with zero attached hydrogens (tertiary/aromatic N) is 3. The van der Waals surface area contributed by atoms with Gasteiger partial charge >= 0.3 is 0 Å². The lowest BCUT2D eigenvalue weighted by Crippen LogP contribution is -2.40. The number of carbonyl (C=O) groups is 1. The Kier molecular flexibility index (Phi) is 4.32. The van der Waals surface area contributed by atoms with Crippen LogP contribution < -0.4 is 0 Å². The van der Waals surface area contributed by atoms with Gasteiger partial charge in [-0.25, -0.2) is 0 Å². The first-order valence-electron chi connectivity index (χ1n) is 8.99. The number of benzene rings is 1. The maximum Gasteiger partial charge on any atom is 0.257 e. The summed E-state index contributed by atoms with van der Waals surface area (Å²) in [6.07, 6.45) is 6.41. The van der Waals surface area contributed by atoms with Gasteiger partial charge in [0.1, 0.15) is 0 Å². The summed E-state index contributed by atoms with van der Waals surface area (Å²) < 4.78 is 5.42. The smallest absolute Gasteiger partial charge is 0.257 e. The van der Waals surface area contributed by atoms with Gasteiger partial charge in [0.2, 0.25) is 5.91 Å². The summed E-state index contributed by atoms with van der Waals surface area (Å²) in [7, 11) is 0. The van der Waals surface area contributed by atoms with E-state index in [4.69, 9.17) is 4.52 Å². The maximum atomic E-state index is 12.5. The van der Waals surface area contributed by atoms with Crippen molar-refractivity contribution in [1.29, 1.82) is 0 Å². The van der Waals surface area contributed by atoms with Crippen LogP contribution >= 0.6 is 0 Å². The van der Waals surface area contributed by atoms with Crippen molar-refractivity contribution in [3.05, 3.63) is 36.2 Å². The molecule has 2 fully saturated rings. The molecular formula is C19H23N3O2. The number of likely N-dealkylation sites (tertiary alicyclic amines) is 1. The topological polar surface area (TPSA) is 59.2 Å². The fourth-order valence-corrected chi connectivity index (χ4v) is 3.89. The standard InChI is InChI=1S/C19H23N3O2/c23-19(16-8-4-5-9-16)22-12-10-14(11-13-22)17-20-18(24-21-17)15-6-2-1-3-7-15/h1-3,6-7,14,16H,4-5,8-13H2. The van der Waals surface area contributed by atoms with Gasteiger partial charge in [-0.3, -0.25) is 4.79 Å². The maximum absolute atomic E-state index is 12.5. The molecule has 5 heteroatoms. The van der Waals surface area contributed by atoms with Crippen LogP contribution in [0.4, 0.5) is 0 Å². The minimum absolute atomic E-state index is 0.274. The molecule has 5 nitrogen and oxygen atoms in total. The summed E-state index contributed by atoms with van der Waals surface area (Å²) in [4.78, 5) is 19.1. The van der Waals surface area contributed by atoms with E-state index < -0.39 is 0 Å². The summed E-state index contributed by atoms with van der Waals surface area (Å²) >= 11 is 0. The third kappa shape index (κ3) is 3.07. The summed E-state index contributed by atoms with van der Waals surface area (Å²) in [6.45, 7) is 1.63. The molecule has 2 aliphatic rings. The van der Waals surface area contributed by atoms with Crippen molar-refractivity contribution in [2.75, 3.05) is 13.1 Å². The van der Waals surface area contributed by atoms with Crippen LogP contribution in [0.3, 0.4) is 0 Å². The quantitative estimate of drug-likeness (QED) is 0.864. The third-order valence-corrected chi connectivity index (χ3v) is 5.34. The average Bonchev–Trinajstić information content (AvgIpc) is 3.34. The Morgan fingerprint density at radius 1 is 1.04 bits per heavy atom. The minimum atomic E-state index is 0.274. The second kappa shape index (κ2) is 6.75. The Morgan fingerprint density at radius 3 is 2.46 bits per heavy atom. The monoisotopic (exact) mass is 325 g/mol. The van der Waals surface area contributed by atoms with Gasteiger partial charge < -0.3 is 9.42 Å². The molecule has 2 heterocycles. The third-order valence-electron chi connectivity index (χ3n) is 5.34. The summed E-state index contributed by atoms with van der Waals surface area (Å²) in [5, 5.41) is 4.17. The van der Waals surface area contributed by atoms with Crippen LogP contribution in [0.15, 0.2) is 34.9 Å². The first kappa shape index (κ1) is 15.4. The predicted octanol–water partition coefficient (Wildman–Crippen LogP) is 3.63. The van der Waals surface area contributed by atoms with Gasteiger partial charge in [0.05, 0.1) is 0 Å². The Morgan fingerprint density at radius 2 is 1.75 bits per heavy atom. The SMILES string of the molecule is O=C(C1CCCC1)N1CCC(c2noc(-c3ccccc3)n2)CC1. The van der Waals surface area contributed by atoms with Crippen LogP contribution in [-0.4, -0.2) is 34.0 Å². The van der Waals surface area contributed by atoms with Crippen LogP contribution in [-0.2, 0) is 4.79 Å². The number of hydrogen-bond donors (Lipinski definition) is 0. The Hall–Kier alpha value is -2.17. The van der Waals surface area contributed by atoms with E-state index in [2.05, 4.69) is 10.1 Å². The fourth-order valence-electron chi connectivity index (χ4n) is 3.89. The Bertz CT molecular complexity index is 684. The lowest BCUT2D eigenvalue weighted by atomic mass is 9.94. The van der Waals surface area contributed by atoms with Crippen molar-refractivity contribution in [3.8, 4) is 11.5 Å². The van der Waals surface area contributed by atoms with E-state index in [1.54, 1.807) is 0 Å². The van der Waals surface area contributed by atoms with E-state index in [0.717, 1.165) is 50.2 Å². The van der Waals surface area contributed by atoms with E-state index >= 15 is 0 Å². The van der Waals surface area contributed by atoms with Crippen LogP contribution in [0.25, 0.3) is 11.5 Å². The summed E-state index contributed by atoms with van der Waals surface area (Å²) in [5.74, 6) is 2.29. The molecular weight excluding hydrogens is 302 g/mol. The van der Waals surface area contributed by atoms with Gasteiger partial charge in [0.15, 0.2) is 5.82 Å². The molecule has 24 heavy (non-hydrogen) atoms. The first-order chi connectivity index (χ1) is 11.8. The van der Waals surface area contributed by atoms with Crippen molar-refractivity contribution in [2.45, 2.75) is 44.4 Å². The highest BCUT2D eigenvalue weighted by Crippen LogP contribution is 2.31. The van der Waals surface area contributed by atoms with Crippen molar-refractivity contribution < 1.29 is 9.32 Å². The van der Waals surface area contributed by atoms with Gasteiger partial charge in [-0.15, -0.1) is 0 Å². The average molecular weight is 325 g/mol. The zero-order chi connectivity index (χ0) is 16.4. The van der Waals surface area contributed by atoms with Crippen molar-refractivity contribution >= 4 is 5.91 Å². The van der Waals surface area contributed by atoms with E-state index in [0.29, 0.717) is 17.7 Å². The molecule has 0 radical (unpaired) electrons. The van der Waals surface area contributed by atoms with E-state index in [1.165, 1.54) is 12.8 Å². The number of carbonyl (C=O) groups excluding carboxylic acids is 1. The first-order valence-corrected chi connectivity index (χ1v) is 8.99. The number of aromatic nitrogens is 2. The zero-order valence-corrected chi connectivity index (χ0v) is 13.9. The van der Waals surface area contributed by atoms with Crippen LogP contribution in [0.2, 0.25) is 0 Å². The molecule has 1 aromatic carbocycles. The van der Waals surface area contributed by atoms with E-state index in [-0.39, 0.29) is 5.92 Å². The number of rotatable bonds is 3. The molecule has 1 saturated heterocycles. The van der Waals surface area contributed by atoms with Gasteiger partial charge in [-0.2, -0.15) is 4.98 Å². The van der Waals surface area contributed by atoms with Crippen molar-refractivity contribution in [1.82, 2.24) is 15.0 Å². The number of piperidine rings is 1.